The molecule has 18 nitrogen and oxygen atoms in total. The number of cyclic esters (lactones) is 2. The lowest BCUT2D eigenvalue weighted by Gasteiger charge is -2.23. The van der Waals surface area contributed by atoms with Gasteiger partial charge in [-0.15, -0.1) is 0 Å². The van der Waals surface area contributed by atoms with E-state index in [1.807, 2.05) is 26.0 Å². The van der Waals surface area contributed by atoms with E-state index in [0.717, 1.165) is 17.2 Å². The zero-order valence-corrected chi connectivity index (χ0v) is 49.7. The molecule has 2 aliphatic heterocycles. The van der Waals surface area contributed by atoms with E-state index in [-0.39, 0.29) is 56.5 Å². The van der Waals surface area contributed by atoms with E-state index >= 15 is 0 Å². The van der Waals surface area contributed by atoms with Crippen LogP contribution in [0, 0.1) is 13.8 Å². The van der Waals surface area contributed by atoms with Crippen molar-refractivity contribution < 1.29 is 84.7 Å². The highest BCUT2D eigenvalue weighted by molar-refractivity contribution is 7.54. The lowest BCUT2D eigenvalue weighted by atomic mass is 9.95. The fourth-order valence-electron chi connectivity index (χ4n) is 8.50. The number of carbonyl (C=O) groups is 4. The minimum absolute atomic E-state index is 0.0776. The fourth-order valence-corrected chi connectivity index (χ4v) is 13.1. The maximum atomic E-state index is 14.0. The highest BCUT2D eigenvalue weighted by Crippen LogP contribution is 2.53. The zero-order chi connectivity index (χ0) is 57.5. The number of para-hydroxylation sites is 2. The van der Waals surface area contributed by atoms with Gasteiger partial charge in [0, 0.05) is 30.3 Å². The number of carbonyl (C=O) groups excluding carboxylic acids is 4. The third kappa shape index (κ3) is 16.6. The summed E-state index contributed by atoms with van der Waals surface area (Å²) in [6, 6.07) is 18.1. The van der Waals surface area contributed by atoms with Crippen LogP contribution in [0.3, 0.4) is 0 Å². The number of esters is 4. The molecule has 0 aliphatic carbocycles. The number of hydrogen-bond donors (Lipinski definition) is 1. The minimum Gasteiger partial charge on any atom is -0.507 e. The van der Waals surface area contributed by atoms with Gasteiger partial charge in [0.25, 0.3) is 0 Å². The number of hydrogen-bond acceptors (Lipinski definition) is 18. The van der Waals surface area contributed by atoms with E-state index in [1.54, 1.807) is 95.5 Å². The molecule has 0 spiro atoms. The maximum absolute atomic E-state index is 14.0. The van der Waals surface area contributed by atoms with Crippen LogP contribution in [0.1, 0.15) is 95.6 Å². The molecule has 0 saturated heterocycles. The lowest BCUT2D eigenvalue weighted by Crippen LogP contribution is -2.24. The van der Waals surface area contributed by atoms with Crippen molar-refractivity contribution in [2.24, 2.45) is 0 Å². The summed E-state index contributed by atoms with van der Waals surface area (Å²) in [4.78, 5) is 49.3. The summed E-state index contributed by atoms with van der Waals surface area (Å²) in [6.07, 6.45) is 1.73. The molecular weight excluding hydrogens is 1060 g/mol. The smallest absolute Gasteiger partial charge is 0.384 e. The van der Waals surface area contributed by atoms with Gasteiger partial charge in [0.05, 0.1) is 46.4 Å². The molecular formula is C57H74O18P2Si. The zero-order valence-electron chi connectivity index (χ0n) is 46.9. The van der Waals surface area contributed by atoms with Gasteiger partial charge in [-0.05, 0) is 110 Å². The summed E-state index contributed by atoms with van der Waals surface area (Å²) in [5.74, 6) is -0.246. The number of phenolic OH excluding ortho intramolecular Hbond substituents is 1. The van der Waals surface area contributed by atoms with Crippen molar-refractivity contribution in [2.45, 2.75) is 119 Å². The Hall–Kier alpha value is -6.36. The highest BCUT2D eigenvalue weighted by atomic mass is 31.2. The van der Waals surface area contributed by atoms with Gasteiger partial charge in [-0.2, -0.15) is 0 Å². The van der Waals surface area contributed by atoms with Crippen molar-refractivity contribution in [3.05, 3.63) is 128 Å². The summed E-state index contributed by atoms with van der Waals surface area (Å²) in [5, 5.41) is 10.8. The van der Waals surface area contributed by atoms with E-state index in [2.05, 4.69) is 19.6 Å². The average Bonchev–Trinajstić information content (AvgIpc) is 4.01. The van der Waals surface area contributed by atoms with Crippen LogP contribution in [0.15, 0.2) is 84.0 Å². The number of fused-ring (bicyclic) bond motifs is 2. The van der Waals surface area contributed by atoms with Gasteiger partial charge in [0.1, 0.15) is 58.8 Å². The third-order valence-electron chi connectivity index (χ3n) is 12.4. The van der Waals surface area contributed by atoms with Gasteiger partial charge in [0.15, 0.2) is 12.2 Å². The molecule has 0 aromatic heterocycles. The Kier molecular flexibility index (Phi) is 22.4. The molecule has 78 heavy (non-hydrogen) atoms. The van der Waals surface area contributed by atoms with E-state index < -0.39 is 59.4 Å². The Morgan fingerprint density at radius 1 is 0.667 bits per heavy atom. The molecule has 0 radical (unpaired) electrons. The number of aromatic hydroxyl groups is 1. The van der Waals surface area contributed by atoms with Crippen molar-refractivity contribution in [1.82, 2.24) is 0 Å². The van der Waals surface area contributed by atoms with Gasteiger partial charge in [-0.25, -0.2) is 28.3 Å². The lowest BCUT2D eigenvalue weighted by molar-refractivity contribution is -0.151. The van der Waals surface area contributed by atoms with Crippen LogP contribution in [0.4, 0.5) is 0 Å². The predicted octanol–water partition coefficient (Wildman–Crippen LogP) is 12.2. The second-order valence-corrected chi connectivity index (χ2v) is 29.3. The van der Waals surface area contributed by atoms with E-state index in [1.165, 1.54) is 21.0 Å². The van der Waals surface area contributed by atoms with Crippen LogP contribution >= 0.6 is 15.2 Å². The molecule has 1 N–H and O–H groups in total. The Morgan fingerprint density at radius 3 is 1.50 bits per heavy atom. The number of phenols is 1. The average molecular weight is 1140 g/mol. The molecule has 21 heteroatoms. The molecule has 4 aromatic carbocycles. The van der Waals surface area contributed by atoms with Crippen LogP contribution in [-0.2, 0) is 72.8 Å². The number of allylic oxidation sites excluding steroid dienone is 4. The summed E-state index contributed by atoms with van der Waals surface area (Å²) in [5.41, 5.74) is 5.91. The van der Waals surface area contributed by atoms with E-state index in [4.69, 9.17) is 51.3 Å². The Bertz CT molecular complexity index is 2950. The Labute approximate surface area is 458 Å². The van der Waals surface area contributed by atoms with E-state index in [9.17, 15) is 33.4 Å². The Morgan fingerprint density at radius 2 is 1.08 bits per heavy atom. The van der Waals surface area contributed by atoms with Crippen LogP contribution < -0.4 is 23.3 Å². The fraction of sp³-hybridized carbons (Fsp3) is 0.439. The monoisotopic (exact) mass is 1140 g/mol. The second-order valence-electron chi connectivity index (χ2n) is 19.8. The molecule has 2 aliphatic rings. The minimum atomic E-state index is -3.85. The van der Waals surface area contributed by atoms with Crippen molar-refractivity contribution >= 4 is 47.1 Å². The van der Waals surface area contributed by atoms with Gasteiger partial charge in [-0.3, -0.25) is 9.05 Å². The standard InChI is InChI=1S/C31H43O9PSi.C26H31O9P/c1-9-36-30(32)23(4)39-41(34,40-24-13-11-10-12-14-24)20-21(2)15-16-25-28(35-5)22(3)26-19-38-31(33)27(26)29(25)37-17-18-42(6,7)8;1-6-32-25(28)18(4)34-36(30,35-19-10-8-7-9-11-19)15-16(2)12-13-20-23(27)22-21(14-33-26(22)29)17(3)24(20)31-5/h10-15,23H,9,16-20H2,1-8H3;7-12,18,27H,6,13-15H2,1-5H3/b21-15+;16-12+/t23-,41?;18-,36?/m00/s1. The van der Waals surface area contributed by atoms with Crippen molar-refractivity contribution in [3.63, 3.8) is 0 Å². The van der Waals surface area contributed by atoms with Gasteiger partial charge in [0.2, 0.25) is 0 Å². The molecule has 2 unspecified atom stereocenters. The normalized spacial score (nSPS) is 15.4. The SMILES string of the molecule is CCOC(=O)[C@H](C)OP(=O)(C/C(C)=C/Cc1c(O)c2c(c(C)c1OC)COC2=O)Oc1ccccc1.CCOC(=O)[C@H](C)OP(=O)(C/C(C)=C/Cc1c(OC)c(C)c2c(c1OCC[Si](C)(C)C)C(=O)OC2)Oc1ccccc1. The molecule has 6 rings (SSSR count). The molecule has 0 bridgehead atoms. The topological polar surface area (TPSA) is 224 Å². The molecule has 424 valence electrons. The number of methoxy groups -OCH3 is 2. The summed E-state index contributed by atoms with van der Waals surface area (Å²) < 4.78 is 88.8. The third-order valence-corrected chi connectivity index (χ3v) is 18.1. The van der Waals surface area contributed by atoms with E-state index in [0.29, 0.717) is 80.7 Å². The Balaban J connectivity index is 0.000000291. The summed E-state index contributed by atoms with van der Waals surface area (Å²) in [7, 11) is -6.04. The molecule has 0 saturated carbocycles. The summed E-state index contributed by atoms with van der Waals surface area (Å²) in [6.45, 7) is 21.4. The molecule has 0 amide bonds. The molecule has 4 atom stereocenters. The first kappa shape index (κ1) is 62.5. The van der Waals surface area contributed by atoms with Crippen LogP contribution in [-0.4, -0.2) is 95.6 Å². The first-order chi connectivity index (χ1) is 36.9. The van der Waals surface area contributed by atoms with Crippen LogP contribution in [0.2, 0.25) is 25.7 Å². The van der Waals surface area contributed by atoms with Gasteiger partial charge >= 0.3 is 39.1 Å². The first-order valence-corrected chi connectivity index (χ1v) is 32.8. The second kappa shape index (κ2) is 28.0. The summed E-state index contributed by atoms with van der Waals surface area (Å²) >= 11 is 0. The van der Waals surface area contributed by atoms with Gasteiger partial charge in [-0.1, -0.05) is 79.3 Å². The van der Waals surface area contributed by atoms with Crippen molar-refractivity contribution in [1.29, 1.82) is 0 Å². The largest absolute Gasteiger partial charge is 0.507 e. The van der Waals surface area contributed by atoms with Crippen LogP contribution in [0.25, 0.3) is 0 Å². The highest BCUT2D eigenvalue weighted by Gasteiger charge is 2.37. The molecule has 0 fully saturated rings. The number of benzene rings is 4. The molecule has 4 aromatic rings. The number of rotatable bonds is 26. The predicted molar refractivity (Wildman–Crippen MR) is 297 cm³/mol. The van der Waals surface area contributed by atoms with Crippen molar-refractivity contribution in [3.8, 4) is 34.5 Å². The van der Waals surface area contributed by atoms with Gasteiger partial charge < -0.3 is 47.3 Å². The first-order valence-electron chi connectivity index (χ1n) is 25.7. The number of ether oxygens (including phenoxy) is 7. The van der Waals surface area contributed by atoms with Crippen molar-refractivity contribution in [2.75, 3.05) is 46.4 Å². The van der Waals surface area contributed by atoms with Crippen LogP contribution in [0.5, 0.6) is 34.5 Å². The quantitative estimate of drug-likeness (QED) is 0.0203. The molecule has 2 heterocycles. The maximum Gasteiger partial charge on any atom is 0.384 e.